The van der Waals surface area contributed by atoms with Gasteiger partial charge in [-0.15, -0.1) is 0 Å². The molecule has 0 aliphatic carbocycles. The summed E-state index contributed by atoms with van der Waals surface area (Å²) in [6, 6.07) is 1.72. The lowest BCUT2D eigenvalue weighted by Crippen LogP contribution is -2.27. The van der Waals surface area contributed by atoms with E-state index < -0.39 is 11.7 Å². The van der Waals surface area contributed by atoms with Crippen molar-refractivity contribution >= 4 is 18.1 Å². The summed E-state index contributed by atoms with van der Waals surface area (Å²) in [5.74, 6) is -0.238. The van der Waals surface area contributed by atoms with Crippen LogP contribution in [0.1, 0.15) is 42.3 Å². The maximum atomic E-state index is 11.7. The monoisotopic (exact) mass is 265 g/mol. The smallest absolute Gasteiger partial charge is 0.412 e. The number of phenolic OH excluding ortho intramolecular Hbond substituents is 1. The van der Waals surface area contributed by atoms with Gasteiger partial charge in [0.05, 0.1) is 11.3 Å². The highest BCUT2D eigenvalue weighted by molar-refractivity contribution is 5.93. The first-order valence-corrected chi connectivity index (χ1v) is 5.94. The van der Waals surface area contributed by atoms with Crippen LogP contribution < -0.4 is 5.32 Å². The van der Waals surface area contributed by atoms with Crippen molar-refractivity contribution in [1.29, 1.82) is 0 Å². The number of anilines is 1. The third-order valence-corrected chi connectivity index (χ3v) is 2.49. The van der Waals surface area contributed by atoms with Gasteiger partial charge in [-0.1, -0.05) is 6.07 Å². The second-order valence-corrected chi connectivity index (χ2v) is 5.39. The van der Waals surface area contributed by atoms with Crippen LogP contribution in [0.25, 0.3) is 0 Å². The zero-order chi connectivity index (χ0) is 14.8. The lowest BCUT2D eigenvalue weighted by Gasteiger charge is -2.21. The first-order chi connectivity index (χ1) is 8.65. The highest BCUT2D eigenvalue weighted by Crippen LogP contribution is 2.33. The molecule has 0 fully saturated rings. The Morgan fingerprint density at radius 3 is 2.37 bits per heavy atom. The van der Waals surface area contributed by atoms with Crippen molar-refractivity contribution < 1.29 is 19.4 Å². The fraction of sp³-hybridized carbons (Fsp3) is 0.429. The van der Waals surface area contributed by atoms with Crippen molar-refractivity contribution in [2.24, 2.45) is 0 Å². The van der Waals surface area contributed by atoms with Crippen LogP contribution in [0.15, 0.2) is 6.07 Å². The third-order valence-electron chi connectivity index (χ3n) is 2.49. The number of hydrogen-bond donors (Lipinski definition) is 2. The number of aldehydes is 1. The Morgan fingerprint density at radius 1 is 1.32 bits per heavy atom. The molecule has 0 bridgehead atoms. The van der Waals surface area contributed by atoms with E-state index in [2.05, 4.69) is 5.32 Å². The quantitative estimate of drug-likeness (QED) is 0.636. The van der Waals surface area contributed by atoms with Crippen LogP contribution >= 0.6 is 0 Å². The van der Waals surface area contributed by atoms with Crippen molar-refractivity contribution in [2.45, 2.75) is 40.2 Å². The van der Waals surface area contributed by atoms with Gasteiger partial charge in [0.1, 0.15) is 11.4 Å². The minimum absolute atomic E-state index is 0.164. The predicted molar refractivity (Wildman–Crippen MR) is 72.8 cm³/mol. The van der Waals surface area contributed by atoms with Gasteiger partial charge in [0.15, 0.2) is 6.29 Å². The summed E-state index contributed by atoms with van der Waals surface area (Å²) in [5, 5.41) is 12.5. The fourth-order valence-electron chi connectivity index (χ4n) is 1.70. The van der Waals surface area contributed by atoms with E-state index >= 15 is 0 Å². The van der Waals surface area contributed by atoms with E-state index in [0.717, 1.165) is 0 Å². The molecule has 0 aliphatic rings. The summed E-state index contributed by atoms with van der Waals surface area (Å²) in [5.41, 5.74) is 1.04. The zero-order valence-electron chi connectivity index (χ0n) is 11.8. The molecule has 1 aromatic rings. The zero-order valence-corrected chi connectivity index (χ0v) is 11.8. The number of nitrogens with one attached hydrogen (secondary N) is 1. The molecule has 5 nitrogen and oxygen atoms in total. The molecule has 0 spiro atoms. The number of amides is 1. The summed E-state index contributed by atoms with van der Waals surface area (Å²) < 4.78 is 5.11. The summed E-state index contributed by atoms with van der Waals surface area (Å²) >= 11 is 0. The molecule has 5 heteroatoms. The molecule has 0 atom stereocenters. The maximum absolute atomic E-state index is 11.7. The minimum Gasteiger partial charge on any atom is -0.505 e. The van der Waals surface area contributed by atoms with Gasteiger partial charge in [-0.3, -0.25) is 10.1 Å². The van der Waals surface area contributed by atoms with E-state index in [-0.39, 0.29) is 17.0 Å². The summed E-state index contributed by atoms with van der Waals surface area (Å²) in [6.45, 7) is 8.67. The van der Waals surface area contributed by atoms with Crippen molar-refractivity contribution in [2.75, 3.05) is 5.32 Å². The molecule has 104 valence electrons. The van der Waals surface area contributed by atoms with Gasteiger partial charge < -0.3 is 9.84 Å². The van der Waals surface area contributed by atoms with E-state index in [4.69, 9.17) is 4.74 Å². The molecule has 0 aromatic heterocycles. The van der Waals surface area contributed by atoms with E-state index in [1.165, 1.54) is 0 Å². The van der Waals surface area contributed by atoms with Crippen molar-refractivity contribution in [3.05, 3.63) is 22.8 Å². The van der Waals surface area contributed by atoms with E-state index in [9.17, 15) is 14.7 Å². The SMILES string of the molecule is Cc1cc(C)c(NC(=O)OC(C)(C)C)c(O)c1C=O. The van der Waals surface area contributed by atoms with E-state index in [1.54, 1.807) is 40.7 Å². The summed E-state index contributed by atoms with van der Waals surface area (Å²) in [7, 11) is 0. The standard InChI is InChI=1S/C14H19NO4/c1-8-6-9(2)11(12(17)10(8)7-16)15-13(18)19-14(3,4)5/h6-7,17H,1-5H3,(H,15,18). The second-order valence-electron chi connectivity index (χ2n) is 5.39. The Kier molecular flexibility index (Phi) is 4.19. The predicted octanol–water partition coefficient (Wildman–Crippen LogP) is 3.17. The van der Waals surface area contributed by atoms with E-state index in [1.807, 2.05) is 0 Å². The number of carbonyl (C=O) groups excluding carboxylic acids is 2. The van der Waals surface area contributed by atoms with Crippen LogP contribution in [0, 0.1) is 13.8 Å². The van der Waals surface area contributed by atoms with Gasteiger partial charge in [-0.2, -0.15) is 0 Å². The second kappa shape index (κ2) is 5.30. The Morgan fingerprint density at radius 2 is 1.89 bits per heavy atom. The fourth-order valence-corrected chi connectivity index (χ4v) is 1.70. The summed E-state index contributed by atoms with van der Waals surface area (Å²) in [4.78, 5) is 22.6. The maximum Gasteiger partial charge on any atom is 0.412 e. The molecular formula is C14H19NO4. The number of ether oxygens (including phenoxy) is 1. The molecular weight excluding hydrogens is 246 g/mol. The van der Waals surface area contributed by atoms with Crippen molar-refractivity contribution in [3.8, 4) is 5.75 Å². The molecule has 0 radical (unpaired) electrons. The lowest BCUT2D eigenvalue weighted by atomic mass is 10.0. The van der Waals surface area contributed by atoms with Crippen LogP contribution in [0.4, 0.5) is 10.5 Å². The number of aromatic hydroxyl groups is 1. The molecule has 0 saturated carbocycles. The molecule has 0 unspecified atom stereocenters. The number of aryl methyl sites for hydroxylation is 2. The van der Waals surface area contributed by atoms with Gasteiger partial charge in [0.25, 0.3) is 0 Å². The molecule has 1 amide bonds. The Hall–Kier alpha value is -2.04. The van der Waals surface area contributed by atoms with Crippen LogP contribution in [-0.4, -0.2) is 23.1 Å². The number of rotatable bonds is 2. The third kappa shape index (κ3) is 3.71. The Bertz CT molecular complexity index is 515. The van der Waals surface area contributed by atoms with Gasteiger partial charge in [0.2, 0.25) is 0 Å². The molecule has 2 N–H and O–H groups in total. The van der Waals surface area contributed by atoms with Gasteiger partial charge in [0, 0.05) is 0 Å². The molecule has 0 heterocycles. The number of carbonyl (C=O) groups is 2. The first-order valence-electron chi connectivity index (χ1n) is 5.94. The highest BCUT2D eigenvalue weighted by Gasteiger charge is 2.20. The number of benzene rings is 1. The van der Waals surface area contributed by atoms with Crippen LogP contribution in [0.2, 0.25) is 0 Å². The average molecular weight is 265 g/mol. The van der Waals surface area contributed by atoms with Gasteiger partial charge in [-0.05, 0) is 45.7 Å². The Labute approximate surface area is 112 Å². The van der Waals surface area contributed by atoms with Crippen LogP contribution in [0.3, 0.4) is 0 Å². The van der Waals surface area contributed by atoms with Crippen molar-refractivity contribution in [3.63, 3.8) is 0 Å². The number of hydrogen-bond acceptors (Lipinski definition) is 4. The Balaban J connectivity index is 3.08. The van der Waals surface area contributed by atoms with E-state index in [0.29, 0.717) is 17.4 Å². The van der Waals surface area contributed by atoms with Crippen molar-refractivity contribution in [1.82, 2.24) is 0 Å². The van der Waals surface area contributed by atoms with Crippen LogP contribution in [0.5, 0.6) is 5.75 Å². The largest absolute Gasteiger partial charge is 0.505 e. The highest BCUT2D eigenvalue weighted by atomic mass is 16.6. The molecule has 1 aromatic carbocycles. The minimum atomic E-state index is -0.674. The molecule has 1 rings (SSSR count). The van der Waals surface area contributed by atoms with Gasteiger partial charge >= 0.3 is 6.09 Å². The number of phenols is 1. The molecule has 19 heavy (non-hydrogen) atoms. The lowest BCUT2D eigenvalue weighted by molar-refractivity contribution is 0.0635. The molecule has 0 saturated heterocycles. The van der Waals surface area contributed by atoms with Gasteiger partial charge in [-0.25, -0.2) is 4.79 Å². The van der Waals surface area contributed by atoms with Crippen LogP contribution in [-0.2, 0) is 4.74 Å². The average Bonchev–Trinajstić information content (AvgIpc) is 2.22. The molecule has 0 aliphatic heterocycles. The normalized spacial score (nSPS) is 11.0. The first kappa shape index (κ1) is 15.0. The topological polar surface area (TPSA) is 75.6 Å². The summed E-state index contributed by atoms with van der Waals surface area (Å²) in [6.07, 6.45) is -0.115.